The molecular weight excluding hydrogens is 160 g/mol. The standard InChI is InChI=1S/C6H10N4O2/c11-5-8-2-1-7-3-9-4-10-6-12/h7,9H,1-4H2. The van der Waals surface area contributed by atoms with Gasteiger partial charge in [-0.1, -0.05) is 0 Å². The summed E-state index contributed by atoms with van der Waals surface area (Å²) >= 11 is 0. The van der Waals surface area contributed by atoms with Crippen LogP contribution in [0.3, 0.4) is 0 Å². The van der Waals surface area contributed by atoms with Crippen LogP contribution in [0, 0.1) is 0 Å². The van der Waals surface area contributed by atoms with Crippen molar-refractivity contribution in [2.75, 3.05) is 26.4 Å². The van der Waals surface area contributed by atoms with Crippen LogP contribution in [0.4, 0.5) is 0 Å². The molecule has 0 rings (SSSR count). The summed E-state index contributed by atoms with van der Waals surface area (Å²) in [7, 11) is 0. The number of isocyanates is 2. The monoisotopic (exact) mass is 170 g/mol. The van der Waals surface area contributed by atoms with Crippen LogP contribution in [0.25, 0.3) is 0 Å². The van der Waals surface area contributed by atoms with Crippen LogP contribution in [0.15, 0.2) is 9.98 Å². The molecule has 66 valence electrons. The van der Waals surface area contributed by atoms with Crippen molar-refractivity contribution in [3.63, 3.8) is 0 Å². The van der Waals surface area contributed by atoms with Gasteiger partial charge in [-0.25, -0.2) is 14.6 Å². The van der Waals surface area contributed by atoms with Gasteiger partial charge in [0.05, 0.1) is 6.54 Å². The van der Waals surface area contributed by atoms with Gasteiger partial charge in [-0.05, 0) is 0 Å². The van der Waals surface area contributed by atoms with Crippen molar-refractivity contribution in [1.82, 2.24) is 10.6 Å². The van der Waals surface area contributed by atoms with Crippen LogP contribution in [0.5, 0.6) is 0 Å². The van der Waals surface area contributed by atoms with Gasteiger partial charge in [0.25, 0.3) is 0 Å². The van der Waals surface area contributed by atoms with Gasteiger partial charge in [-0.3, -0.25) is 5.32 Å². The summed E-state index contributed by atoms with van der Waals surface area (Å²) < 4.78 is 0. The van der Waals surface area contributed by atoms with Crippen molar-refractivity contribution in [2.45, 2.75) is 0 Å². The number of hydrogen-bond donors (Lipinski definition) is 2. The second-order valence-corrected chi connectivity index (χ2v) is 1.81. The van der Waals surface area contributed by atoms with E-state index in [1.807, 2.05) is 0 Å². The summed E-state index contributed by atoms with van der Waals surface area (Å²) in [6, 6.07) is 0. The van der Waals surface area contributed by atoms with Crippen molar-refractivity contribution in [1.29, 1.82) is 0 Å². The van der Waals surface area contributed by atoms with Gasteiger partial charge in [0.1, 0.15) is 6.67 Å². The molecule has 0 aromatic rings. The fourth-order valence-corrected chi connectivity index (χ4v) is 0.501. The summed E-state index contributed by atoms with van der Waals surface area (Å²) in [6.45, 7) is 1.75. The molecule has 6 heteroatoms. The molecule has 0 bridgehead atoms. The molecule has 0 spiro atoms. The minimum atomic E-state index is 0.244. The summed E-state index contributed by atoms with van der Waals surface area (Å²) in [4.78, 5) is 25.7. The van der Waals surface area contributed by atoms with Crippen LogP contribution in [-0.4, -0.2) is 38.6 Å². The molecule has 12 heavy (non-hydrogen) atoms. The third-order valence-corrected chi connectivity index (χ3v) is 0.970. The Morgan fingerprint density at radius 1 is 1.08 bits per heavy atom. The molecule has 0 radical (unpaired) electrons. The minimum absolute atomic E-state index is 0.244. The van der Waals surface area contributed by atoms with Gasteiger partial charge in [-0.15, -0.1) is 0 Å². The molecular formula is C6H10N4O2. The van der Waals surface area contributed by atoms with Gasteiger partial charge in [0, 0.05) is 13.2 Å². The van der Waals surface area contributed by atoms with E-state index in [9.17, 15) is 9.59 Å². The number of aliphatic imine (C=N–C) groups is 2. The third-order valence-electron chi connectivity index (χ3n) is 0.970. The average molecular weight is 170 g/mol. The van der Waals surface area contributed by atoms with Crippen LogP contribution < -0.4 is 10.6 Å². The Bertz CT molecular complexity index is 172. The quantitative estimate of drug-likeness (QED) is 0.216. The summed E-state index contributed by atoms with van der Waals surface area (Å²) in [5, 5.41) is 5.69. The van der Waals surface area contributed by atoms with Crippen LogP contribution >= 0.6 is 0 Å². The van der Waals surface area contributed by atoms with Crippen molar-refractivity contribution >= 4 is 12.2 Å². The largest absolute Gasteiger partial charge is 0.303 e. The molecule has 2 N–H and O–H groups in total. The maximum Gasteiger partial charge on any atom is 0.236 e. The molecule has 6 nitrogen and oxygen atoms in total. The predicted molar refractivity (Wildman–Crippen MR) is 42.0 cm³/mol. The van der Waals surface area contributed by atoms with E-state index in [4.69, 9.17) is 0 Å². The maximum atomic E-state index is 9.59. The summed E-state index contributed by atoms with van der Waals surface area (Å²) in [5.74, 6) is 0. The van der Waals surface area contributed by atoms with Gasteiger partial charge in [0.2, 0.25) is 12.2 Å². The molecule has 0 amide bonds. The van der Waals surface area contributed by atoms with Crippen molar-refractivity contribution in [3.05, 3.63) is 0 Å². The molecule has 0 heterocycles. The summed E-state index contributed by atoms with van der Waals surface area (Å²) in [5.41, 5.74) is 0. The fraction of sp³-hybridized carbons (Fsp3) is 0.667. The molecule has 0 saturated carbocycles. The average Bonchev–Trinajstić information content (AvgIpc) is 2.10. The van der Waals surface area contributed by atoms with Crippen LogP contribution in [0.2, 0.25) is 0 Å². The first-order valence-corrected chi connectivity index (χ1v) is 3.40. The molecule has 0 unspecified atom stereocenters. The van der Waals surface area contributed by atoms with E-state index in [2.05, 4.69) is 20.6 Å². The third kappa shape index (κ3) is 8.68. The Balaban J connectivity index is 3.00. The highest BCUT2D eigenvalue weighted by molar-refractivity contribution is 5.32. The van der Waals surface area contributed by atoms with Crippen molar-refractivity contribution < 1.29 is 9.59 Å². The van der Waals surface area contributed by atoms with E-state index in [-0.39, 0.29) is 6.67 Å². The second kappa shape index (κ2) is 9.68. The molecule has 0 atom stereocenters. The topological polar surface area (TPSA) is 82.9 Å². The van der Waals surface area contributed by atoms with E-state index >= 15 is 0 Å². The van der Waals surface area contributed by atoms with E-state index in [1.54, 1.807) is 0 Å². The molecule has 0 aliphatic rings. The van der Waals surface area contributed by atoms with Crippen LogP contribution in [0.1, 0.15) is 0 Å². The Morgan fingerprint density at radius 3 is 2.50 bits per heavy atom. The highest BCUT2D eigenvalue weighted by Crippen LogP contribution is 1.62. The van der Waals surface area contributed by atoms with E-state index in [0.29, 0.717) is 19.8 Å². The smallest absolute Gasteiger partial charge is 0.236 e. The molecule has 0 aromatic heterocycles. The first-order valence-electron chi connectivity index (χ1n) is 3.40. The SMILES string of the molecule is O=C=NCCNCNCN=C=O. The van der Waals surface area contributed by atoms with E-state index < -0.39 is 0 Å². The predicted octanol–water partition coefficient (Wildman–Crippen LogP) is -1.25. The number of hydrogen-bond acceptors (Lipinski definition) is 6. The first-order chi connectivity index (χ1) is 5.91. The fourth-order valence-electron chi connectivity index (χ4n) is 0.501. The van der Waals surface area contributed by atoms with Gasteiger partial charge < -0.3 is 5.32 Å². The Labute approximate surface area is 69.8 Å². The van der Waals surface area contributed by atoms with E-state index in [1.165, 1.54) is 12.2 Å². The zero-order valence-corrected chi connectivity index (χ0v) is 6.54. The zero-order valence-electron chi connectivity index (χ0n) is 6.54. The zero-order chi connectivity index (χ0) is 9.07. The lowest BCUT2D eigenvalue weighted by Crippen LogP contribution is -2.30. The number of carbonyl (C=O) groups excluding carboxylic acids is 2. The number of rotatable bonds is 7. The van der Waals surface area contributed by atoms with Gasteiger partial charge in [0.15, 0.2) is 0 Å². The lowest BCUT2D eigenvalue weighted by Gasteiger charge is -2.00. The van der Waals surface area contributed by atoms with E-state index in [0.717, 1.165) is 0 Å². The maximum absolute atomic E-state index is 9.59. The number of nitrogens with zero attached hydrogens (tertiary/aromatic N) is 2. The minimum Gasteiger partial charge on any atom is -0.303 e. The van der Waals surface area contributed by atoms with Gasteiger partial charge >= 0.3 is 0 Å². The highest BCUT2D eigenvalue weighted by atomic mass is 16.1. The number of nitrogens with one attached hydrogen (secondary N) is 2. The van der Waals surface area contributed by atoms with Crippen molar-refractivity contribution in [3.8, 4) is 0 Å². The summed E-state index contributed by atoms with van der Waals surface area (Å²) in [6.07, 6.45) is 2.82. The van der Waals surface area contributed by atoms with Crippen LogP contribution in [-0.2, 0) is 9.59 Å². The first kappa shape index (κ1) is 10.7. The highest BCUT2D eigenvalue weighted by Gasteiger charge is 1.83. The molecule has 0 aliphatic heterocycles. The Hall–Kier alpha value is -1.32. The molecule has 0 fully saturated rings. The molecule has 0 aliphatic carbocycles. The molecule has 0 saturated heterocycles. The van der Waals surface area contributed by atoms with Crippen molar-refractivity contribution in [2.24, 2.45) is 9.98 Å². The lowest BCUT2D eigenvalue weighted by molar-refractivity contribution is 0.552. The lowest BCUT2D eigenvalue weighted by atomic mass is 10.6. The second-order valence-electron chi connectivity index (χ2n) is 1.81. The van der Waals surface area contributed by atoms with Gasteiger partial charge in [-0.2, -0.15) is 4.99 Å². The Kier molecular flexibility index (Phi) is 8.62. The Morgan fingerprint density at radius 2 is 1.83 bits per heavy atom. The normalized spacial score (nSPS) is 8.33. The molecule has 0 aromatic carbocycles.